The zero-order valence-corrected chi connectivity index (χ0v) is 6.53. The van der Waals surface area contributed by atoms with E-state index in [1.807, 2.05) is 13.8 Å². The van der Waals surface area contributed by atoms with Crippen molar-refractivity contribution in [3.05, 3.63) is 10.4 Å². The largest absolute Gasteiger partial charge is 0.242 e. The van der Waals surface area contributed by atoms with Gasteiger partial charge in [-0.25, -0.2) is 4.79 Å². The molecule has 0 aliphatic heterocycles. The summed E-state index contributed by atoms with van der Waals surface area (Å²) < 4.78 is 3.92. The minimum absolute atomic E-state index is 0.498. The molecule has 0 aliphatic carbocycles. The number of rotatable bonds is 1. The van der Waals surface area contributed by atoms with E-state index in [4.69, 9.17) is 0 Å². The second-order valence-corrected chi connectivity index (χ2v) is 2.87. The highest BCUT2D eigenvalue weighted by Crippen LogP contribution is 2.22. The fraction of sp³-hybridized carbons (Fsp3) is 0.333. The summed E-state index contributed by atoms with van der Waals surface area (Å²) in [6.45, 7) is 3.83. The van der Waals surface area contributed by atoms with Crippen LogP contribution in [0.15, 0.2) is 4.99 Å². The molecule has 0 amide bonds. The highest BCUT2D eigenvalue weighted by atomic mass is 32.1. The molecule has 3 nitrogen and oxygen atoms in total. The number of aliphatic imine (C=N–C) groups is 1. The number of nitrogens with zero attached hydrogens (tertiary/aromatic N) is 2. The van der Waals surface area contributed by atoms with Crippen LogP contribution < -0.4 is 0 Å². The van der Waals surface area contributed by atoms with E-state index in [0.717, 1.165) is 10.4 Å². The summed E-state index contributed by atoms with van der Waals surface area (Å²) in [4.78, 5) is 14.3. The topological polar surface area (TPSA) is 42.3 Å². The van der Waals surface area contributed by atoms with Crippen molar-refractivity contribution in [1.82, 2.24) is 4.37 Å². The van der Waals surface area contributed by atoms with E-state index in [2.05, 4.69) is 9.37 Å². The van der Waals surface area contributed by atoms with Crippen molar-refractivity contribution in [1.29, 1.82) is 0 Å². The molecule has 0 N–H and O–H groups in total. The van der Waals surface area contributed by atoms with Crippen LogP contribution in [0.2, 0.25) is 0 Å². The van der Waals surface area contributed by atoms with Crippen molar-refractivity contribution in [2.45, 2.75) is 13.8 Å². The van der Waals surface area contributed by atoms with Gasteiger partial charge in [-0.3, -0.25) is 0 Å². The van der Waals surface area contributed by atoms with Gasteiger partial charge in [0.2, 0.25) is 6.08 Å². The van der Waals surface area contributed by atoms with Gasteiger partial charge in [-0.2, -0.15) is 4.37 Å². The Morgan fingerprint density at radius 2 is 2.30 bits per heavy atom. The SMILES string of the molecule is Cc1snc(N=C=O)c1C. The highest BCUT2D eigenvalue weighted by Gasteiger charge is 2.02. The maximum atomic E-state index is 9.81. The van der Waals surface area contributed by atoms with Crippen LogP contribution in [0.1, 0.15) is 10.4 Å². The molecule has 0 aliphatic rings. The Morgan fingerprint density at radius 3 is 2.70 bits per heavy atom. The molecule has 0 spiro atoms. The normalized spacial score (nSPS) is 9.00. The van der Waals surface area contributed by atoms with E-state index in [1.165, 1.54) is 17.6 Å². The molecule has 52 valence electrons. The summed E-state index contributed by atoms with van der Waals surface area (Å²) in [7, 11) is 0. The van der Waals surface area contributed by atoms with Crippen LogP contribution in [0.4, 0.5) is 5.82 Å². The van der Waals surface area contributed by atoms with Crippen LogP contribution in [0.25, 0.3) is 0 Å². The zero-order valence-electron chi connectivity index (χ0n) is 5.71. The summed E-state index contributed by atoms with van der Waals surface area (Å²) in [5, 5.41) is 0. The molecule has 10 heavy (non-hydrogen) atoms. The average Bonchev–Trinajstić information content (AvgIpc) is 2.20. The van der Waals surface area contributed by atoms with Gasteiger partial charge in [-0.1, -0.05) is 0 Å². The first kappa shape index (κ1) is 7.12. The minimum atomic E-state index is 0.498. The molecule has 4 heteroatoms. The van der Waals surface area contributed by atoms with Gasteiger partial charge in [-0.15, -0.1) is 4.99 Å². The number of hydrogen-bond donors (Lipinski definition) is 0. The Labute approximate surface area is 62.6 Å². The number of aromatic nitrogens is 1. The average molecular weight is 154 g/mol. The van der Waals surface area contributed by atoms with Gasteiger partial charge in [0.15, 0.2) is 5.82 Å². The van der Waals surface area contributed by atoms with Crippen molar-refractivity contribution in [2.24, 2.45) is 4.99 Å². The molecular formula is C6H6N2OS. The van der Waals surface area contributed by atoms with Crippen LogP contribution in [0, 0.1) is 13.8 Å². The molecule has 1 aromatic heterocycles. The van der Waals surface area contributed by atoms with Gasteiger partial charge in [0.1, 0.15) is 0 Å². The standard InChI is InChI=1S/C6H6N2OS/c1-4-5(2)10-8-6(4)7-3-9/h1-2H3. The molecular weight excluding hydrogens is 148 g/mol. The fourth-order valence-corrected chi connectivity index (χ4v) is 1.18. The number of isocyanates is 1. The Balaban J connectivity index is 3.17. The van der Waals surface area contributed by atoms with Gasteiger partial charge in [0.05, 0.1) is 0 Å². The fourth-order valence-electron chi connectivity index (χ4n) is 0.554. The summed E-state index contributed by atoms with van der Waals surface area (Å²) in [5.74, 6) is 0.498. The van der Waals surface area contributed by atoms with Crippen LogP contribution >= 0.6 is 11.5 Å². The molecule has 0 bridgehead atoms. The first-order valence-corrected chi connectivity index (χ1v) is 3.54. The van der Waals surface area contributed by atoms with Crippen molar-refractivity contribution >= 4 is 23.4 Å². The lowest BCUT2D eigenvalue weighted by Gasteiger charge is -1.83. The quantitative estimate of drug-likeness (QED) is 0.456. The van der Waals surface area contributed by atoms with Gasteiger partial charge in [-0.05, 0) is 25.4 Å². The Hall–Kier alpha value is -0.990. The number of aryl methyl sites for hydroxylation is 1. The van der Waals surface area contributed by atoms with Gasteiger partial charge < -0.3 is 0 Å². The first-order chi connectivity index (χ1) is 4.75. The second-order valence-electron chi connectivity index (χ2n) is 1.89. The molecule has 0 fully saturated rings. The molecule has 1 heterocycles. The molecule has 0 radical (unpaired) electrons. The monoisotopic (exact) mass is 154 g/mol. The van der Waals surface area contributed by atoms with E-state index in [9.17, 15) is 4.79 Å². The van der Waals surface area contributed by atoms with Crippen LogP contribution in [0.3, 0.4) is 0 Å². The lowest BCUT2D eigenvalue weighted by atomic mass is 10.3. The van der Waals surface area contributed by atoms with E-state index in [-0.39, 0.29) is 0 Å². The number of hydrogen-bond acceptors (Lipinski definition) is 4. The van der Waals surface area contributed by atoms with Crippen LogP contribution in [0.5, 0.6) is 0 Å². The Bertz CT molecular complexity index is 286. The summed E-state index contributed by atoms with van der Waals surface area (Å²) in [6.07, 6.45) is 1.46. The highest BCUT2D eigenvalue weighted by molar-refractivity contribution is 7.06. The summed E-state index contributed by atoms with van der Waals surface area (Å²) in [5.41, 5.74) is 0.966. The predicted octanol–water partition coefficient (Wildman–Crippen LogP) is 1.73. The van der Waals surface area contributed by atoms with Crippen molar-refractivity contribution in [3.8, 4) is 0 Å². The first-order valence-electron chi connectivity index (χ1n) is 2.76. The number of carbonyl (C=O) groups excluding carboxylic acids is 1. The predicted molar refractivity (Wildman–Crippen MR) is 39.4 cm³/mol. The second kappa shape index (κ2) is 2.73. The van der Waals surface area contributed by atoms with Crippen molar-refractivity contribution in [2.75, 3.05) is 0 Å². The summed E-state index contributed by atoms with van der Waals surface area (Å²) in [6, 6.07) is 0. The smallest absolute Gasteiger partial charge is 0.211 e. The maximum absolute atomic E-state index is 9.81. The zero-order chi connectivity index (χ0) is 7.56. The van der Waals surface area contributed by atoms with E-state index < -0.39 is 0 Å². The lowest BCUT2D eigenvalue weighted by molar-refractivity contribution is 0.565. The van der Waals surface area contributed by atoms with E-state index >= 15 is 0 Å². The molecule has 1 rings (SSSR count). The molecule has 0 aromatic carbocycles. The molecule has 0 atom stereocenters. The van der Waals surface area contributed by atoms with E-state index in [1.54, 1.807) is 0 Å². The van der Waals surface area contributed by atoms with Gasteiger partial charge in [0, 0.05) is 10.4 Å². The van der Waals surface area contributed by atoms with E-state index in [0.29, 0.717) is 5.82 Å². The molecule has 0 unspecified atom stereocenters. The third-order valence-electron chi connectivity index (χ3n) is 1.28. The maximum Gasteiger partial charge on any atom is 0.242 e. The van der Waals surface area contributed by atoms with Crippen LogP contribution in [-0.4, -0.2) is 10.5 Å². The van der Waals surface area contributed by atoms with Crippen LogP contribution in [-0.2, 0) is 4.79 Å². The molecule has 0 saturated heterocycles. The van der Waals surface area contributed by atoms with Crippen molar-refractivity contribution < 1.29 is 4.79 Å². The lowest BCUT2D eigenvalue weighted by Crippen LogP contribution is -1.68. The van der Waals surface area contributed by atoms with Crippen molar-refractivity contribution in [3.63, 3.8) is 0 Å². The Kier molecular flexibility index (Phi) is 1.94. The Morgan fingerprint density at radius 1 is 1.60 bits per heavy atom. The van der Waals surface area contributed by atoms with Gasteiger partial charge >= 0.3 is 0 Å². The molecule has 1 aromatic rings. The van der Waals surface area contributed by atoms with Gasteiger partial charge in [0.25, 0.3) is 0 Å². The summed E-state index contributed by atoms with van der Waals surface area (Å²) >= 11 is 1.35. The third kappa shape index (κ3) is 1.12. The molecule has 0 saturated carbocycles. The third-order valence-corrected chi connectivity index (χ3v) is 2.13. The minimum Gasteiger partial charge on any atom is -0.211 e.